The van der Waals surface area contributed by atoms with E-state index in [0.29, 0.717) is 17.4 Å². The summed E-state index contributed by atoms with van der Waals surface area (Å²) in [6.45, 7) is 3.84. The molecule has 0 bridgehead atoms. The van der Waals surface area contributed by atoms with Gasteiger partial charge in [-0.25, -0.2) is 4.98 Å². The lowest BCUT2D eigenvalue weighted by Crippen LogP contribution is -2.17. The summed E-state index contributed by atoms with van der Waals surface area (Å²) in [7, 11) is 0. The molecule has 1 aromatic carbocycles. The highest BCUT2D eigenvalue weighted by Crippen LogP contribution is 2.38. The predicted molar refractivity (Wildman–Crippen MR) is 86.2 cm³/mol. The van der Waals surface area contributed by atoms with Gasteiger partial charge in [-0.2, -0.15) is 22.7 Å². The van der Waals surface area contributed by atoms with Gasteiger partial charge < -0.3 is 5.32 Å². The first-order valence-electron chi connectivity index (χ1n) is 7.99. The van der Waals surface area contributed by atoms with Crippen molar-refractivity contribution in [1.82, 2.24) is 19.6 Å². The molecule has 2 atom stereocenters. The fourth-order valence-corrected chi connectivity index (χ4v) is 3.38. The fourth-order valence-electron chi connectivity index (χ4n) is 3.38. The monoisotopic (exact) mass is 347 g/mol. The largest absolute Gasteiger partial charge is 0.453 e. The molecule has 3 aromatic rings. The minimum atomic E-state index is -4.61. The van der Waals surface area contributed by atoms with E-state index < -0.39 is 12.0 Å². The van der Waals surface area contributed by atoms with Crippen LogP contribution in [-0.2, 0) is 12.6 Å². The number of alkyl halides is 3. The molecule has 130 valence electrons. The molecule has 1 N–H and O–H groups in total. The van der Waals surface area contributed by atoms with Gasteiger partial charge in [0, 0.05) is 11.8 Å². The van der Waals surface area contributed by atoms with Crippen LogP contribution in [0.2, 0.25) is 0 Å². The molecule has 2 heterocycles. The van der Waals surface area contributed by atoms with E-state index in [0.717, 1.165) is 16.5 Å². The Hall–Kier alpha value is -2.64. The van der Waals surface area contributed by atoms with Gasteiger partial charge in [0.25, 0.3) is 11.6 Å². The summed E-state index contributed by atoms with van der Waals surface area (Å²) in [5.41, 5.74) is 2.99. The van der Waals surface area contributed by atoms with Gasteiger partial charge in [0.15, 0.2) is 0 Å². The number of anilines is 1. The molecule has 25 heavy (non-hydrogen) atoms. The lowest BCUT2D eigenvalue weighted by atomic mass is 10.0. The minimum Gasteiger partial charge on any atom is -0.363 e. The van der Waals surface area contributed by atoms with Gasteiger partial charge in [0.05, 0.1) is 6.04 Å². The number of halogens is 3. The average Bonchev–Trinajstić information content (AvgIpc) is 3.09. The van der Waals surface area contributed by atoms with Gasteiger partial charge in [0.1, 0.15) is 5.82 Å². The topological polar surface area (TPSA) is 55.1 Å². The Kier molecular flexibility index (Phi) is 3.45. The van der Waals surface area contributed by atoms with Crippen molar-refractivity contribution in [2.24, 2.45) is 5.92 Å². The van der Waals surface area contributed by atoms with Crippen LogP contribution >= 0.6 is 0 Å². The smallest absolute Gasteiger partial charge is 0.363 e. The Morgan fingerprint density at radius 3 is 2.72 bits per heavy atom. The Morgan fingerprint density at radius 1 is 1.20 bits per heavy atom. The third-order valence-electron chi connectivity index (χ3n) is 4.50. The number of hydrogen-bond donors (Lipinski definition) is 1. The molecule has 2 aromatic heterocycles. The Balaban J connectivity index is 1.78. The number of fused-ring (bicyclic) bond motifs is 2. The molecule has 8 heteroatoms. The van der Waals surface area contributed by atoms with Crippen molar-refractivity contribution in [3.05, 3.63) is 53.0 Å². The van der Waals surface area contributed by atoms with E-state index in [1.165, 1.54) is 5.56 Å². The Morgan fingerprint density at radius 2 is 1.96 bits per heavy atom. The van der Waals surface area contributed by atoms with Crippen LogP contribution in [0, 0.1) is 12.8 Å². The quantitative estimate of drug-likeness (QED) is 0.766. The van der Waals surface area contributed by atoms with Gasteiger partial charge in [-0.3, -0.25) is 0 Å². The summed E-state index contributed by atoms with van der Waals surface area (Å²) in [4.78, 5) is 7.58. The highest BCUT2D eigenvalue weighted by Gasteiger charge is 2.37. The zero-order valence-corrected chi connectivity index (χ0v) is 13.7. The molecule has 0 radical (unpaired) electrons. The highest BCUT2D eigenvalue weighted by atomic mass is 19.4. The molecule has 0 aliphatic heterocycles. The number of aryl methyl sites for hydroxylation is 1. The van der Waals surface area contributed by atoms with Crippen LogP contribution in [0.4, 0.5) is 19.0 Å². The second-order valence-corrected chi connectivity index (χ2v) is 6.43. The molecular formula is C17H16F3N5. The van der Waals surface area contributed by atoms with E-state index in [-0.39, 0.29) is 11.8 Å². The standard InChI is InChI=1S/C17H16F3N5/c1-9-7-11-5-3-4-6-12(11)14(9)22-13-8-10(2)21-16-23-15(17(18,19)20)24-25(13)16/h3-6,8-9,14,22H,7H2,1-2H3/t9-,14-/m1/s1. The highest BCUT2D eigenvalue weighted by molar-refractivity contribution is 5.49. The van der Waals surface area contributed by atoms with Crippen LogP contribution in [0.3, 0.4) is 0 Å². The van der Waals surface area contributed by atoms with E-state index in [1.54, 1.807) is 13.0 Å². The summed E-state index contributed by atoms with van der Waals surface area (Å²) in [6, 6.07) is 9.78. The minimum absolute atomic E-state index is 0.000244. The molecule has 0 unspecified atom stereocenters. The third kappa shape index (κ3) is 2.71. The summed E-state index contributed by atoms with van der Waals surface area (Å²) < 4.78 is 39.9. The van der Waals surface area contributed by atoms with E-state index in [9.17, 15) is 13.2 Å². The number of benzene rings is 1. The van der Waals surface area contributed by atoms with E-state index >= 15 is 0 Å². The third-order valence-corrected chi connectivity index (χ3v) is 4.50. The van der Waals surface area contributed by atoms with Crippen molar-refractivity contribution in [2.75, 3.05) is 5.32 Å². The van der Waals surface area contributed by atoms with Crippen molar-refractivity contribution in [2.45, 2.75) is 32.5 Å². The van der Waals surface area contributed by atoms with E-state index in [4.69, 9.17) is 0 Å². The van der Waals surface area contributed by atoms with Crippen LogP contribution < -0.4 is 5.32 Å². The lowest BCUT2D eigenvalue weighted by Gasteiger charge is -2.20. The van der Waals surface area contributed by atoms with Gasteiger partial charge in [0.2, 0.25) is 0 Å². The number of nitrogens with one attached hydrogen (secondary N) is 1. The maximum Gasteiger partial charge on any atom is 0.453 e. The number of aromatic nitrogens is 4. The second-order valence-electron chi connectivity index (χ2n) is 6.43. The van der Waals surface area contributed by atoms with Crippen molar-refractivity contribution < 1.29 is 13.2 Å². The zero-order valence-electron chi connectivity index (χ0n) is 13.7. The summed E-state index contributed by atoms with van der Waals surface area (Å²) >= 11 is 0. The Bertz CT molecular complexity index is 947. The molecule has 4 rings (SSSR count). The first-order valence-corrected chi connectivity index (χ1v) is 7.99. The van der Waals surface area contributed by atoms with Crippen LogP contribution in [0.5, 0.6) is 0 Å². The number of nitrogens with zero attached hydrogens (tertiary/aromatic N) is 4. The van der Waals surface area contributed by atoms with Crippen LogP contribution in [0.15, 0.2) is 30.3 Å². The van der Waals surface area contributed by atoms with Gasteiger partial charge in [-0.15, -0.1) is 5.10 Å². The number of rotatable bonds is 2. The zero-order chi connectivity index (χ0) is 17.8. The van der Waals surface area contributed by atoms with E-state index in [1.807, 2.05) is 18.2 Å². The molecule has 0 saturated heterocycles. The average molecular weight is 347 g/mol. The number of hydrogen-bond acceptors (Lipinski definition) is 4. The normalized spacial score (nSPS) is 20.0. The van der Waals surface area contributed by atoms with Crippen LogP contribution in [-0.4, -0.2) is 19.6 Å². The molecule has 0 saturated carbocycles. The molecule has 5 nitrogen and oxygen atoms in total. The van der Waals surface area contributed by atoms with E-state index in [2.05, 4.69) is 33.4 Å². The molecule has 1 aliphatic carbocycles. The first-order chi connectivity index (χ1) is 11.8. The van der Waals surface area contributed by atoms with Gasteiger partial charge in [-0.1, -0.05) is 31.2 Å². The Labute approximate surface area is 141 Å². The van der Waals surface area contributed by atoms with Crippen molar-refractivity contribution >= 4 is 11.6 Å². The first kappa shape index (κ1) is 15.9. The molecule has 0 fully saturated rings. The molecular weight excluding hydrogens is 331 g/mol. The summed E-state index contributed by atoms with van der Waals surface area (Å²) in [5, 5.41) is 6.95. The van der Waals surface area contributed by atoms with Gasteiger partial charge in [-0.05, 0) is 30.4 Å². The van der Waals surface area contributed by atoms with Crippen LogP contribution in [0.1, 0.15) is 35.6 Å². The van der Waals surface area contributed by atoms with Crippen molar-refractivity contribution in [1.29, 1.82) is 0 Å². The second kappa shape index (κ2) is 5.44. The molecule has 0 spiro atoms. The lowest BCUT2D eigenvalue weighted by molar-refractivity contribution is -0.144. The predicted octanol–water partition coefficient (Wildman–Crippen LogP) is 3.80. The summed E-state index contributed by atoms with van der Waals surface area (Å²) in [6.07, 6.45) is -3.68. The van der Waals surface area contributed by atoms with Crippen LogP contribution in [0.25, 0.3) is 5.78 Å². The molecule has 1 aliphatic rings. The maximum absolute atomic E-state index is 12.9. The SMILES string of the molecule is Cc1cc(N[C@H]2c3ccccc3C[C@H]2C)n2nc(C(F)(F)F)nc2n1. The summed E-state index contributed by atoms with van der Waals surface area (Å²) in [5.74, 6) is -0.479. The molecule has 0 amide bonds. The maximum atomic E-state index is 12.9. The van der Waals surface area contributed by atoms with Crippen molar-refractivity contribution in [3.63, 3.8) is 0 Å². The fraction of sp³-hybridized carbons (Fsp3) is 0.353. The van der Waals surface area contributed by atoms with Crippen molar-refractivity contribution in [3.8, 4) is 0 Å². The van der Waals surface area contributed by atoms with Gasteiger partial charge >= 0.3 is 6.18 Å².